The average molecular weight is 363 g/mol. The first-order valence-corrected chi connectivity index (χ1v) is 9.52. The maximum Gasteiger partial charge on any atom is 0.248 e. The Bertz CT molecular complexity index is 643. The number of nitrogens with zero attached hydrogens (tertiary/aromatic N) is 2. The van der Waals surface area contributed by atoms with E-state index in [2.05, 4.69) is 10.5 Å². The molecule has 2 amide bonds. The predicted molar refractivity (Wildman–Crippen MR) is 96.7 cm³/mol. The van der Waals surface area contributed by atoms with Crippen molar-refractivity contribution in [2.45, 2.75) is 64.3 Å². The standard InChI is InChI=1S/C19H29N3O4/c1-19(2,3)15-12-16(21-26-15)20-17(23)14-6-4-5-9-22(14)18(24)13-7-10-25-11-8-13/h12-14H,4-11H2,1-3H3,(H,20,21,23)/t14-/m0/s1. The normalized spacial score (nSPS) is 22.3. The molecular formula is C19H29N3O4. The molecule has 1 aromatic heterocycles. The topological polar surface area (TPSA) is 84.7 Å². The molecule has 0 aliphatic carbocycles. The molecule has 0 saturated carbocycles. The highest BCUT2D eigenvalue weighted by molar-refractivity contribution is 5.97. The number of rotatable bonds is 3. The Kier molecular flexibility index (Phi) is 5.65. The van der Waals surface area contributed by atoms with Crippen molar-refractivity contribution in [1.29, 1.82) is 0 Å². The van der Waals surface area contributed by atoms with E-state index in [1.165, 1.54) is 0 Å². The molecule has 1 atom stereocenters. The Morgan fingerprint density at radius 2 is 1.92 bits per heavy atom. The molecule has 1 aromatic rings. The molecule has 0 unspecified atom stereocenters. The zero-order valence-corrected chi connectivity index (χ0v) is 15.9. The number of hydrogen-bond acceptors (Lipinski definition) is 5. The second-order valence-corrected chi connectivity index (χ2v) is 8.25. The Balaban J connectivity index is 1.67. The number of amides is 2. The molecule has 0 bridgehead atoms. The summed E-state index contributed by atoms with van der Waals surface area (Å²) >= 11 is 0. The largest absolute Gasteiger partial charge is 0.381 e. The van der Waals surface area contributed by atoms with Gasteiger partial charge in [0.15, 0.2) is 5.82 Å². The van der Waals surface area contributed by atoms with Gasteiger partial charge in [0.1, 0.15) is 11.8 Å². The summed E-state index contributed by atoms with van der Waals surface area (Å²) in [5, 5.41) is 6.78. The van der Waals surface area contributed by atoms with E-state index in [4.69, 9.17) is 9.26 Å². The van der Waals surface area contributed by atoms with Crippen molar-refractivity contribution in [2.24, 2.45) is 5.92 Å². The zero-order valence-electron chi connectivity index (χ0n) is 15.9. The molecular weight excluding hydrogens is 334 g/mol. The van der Waals surface area contributed by atoms with E-state index in [1.807, 2.05) is 20.8 Å². The van der Waals surface area contributed by atoms with Crippen molar-refractivity contribution < 1.29 is 18.8 Å². The van der Waals surface area contributed by atoms with E-state index in [0.29, 0.717) is 37.8 Å². The summed E-state index contributed by atoms with van der Waals surface area (Å²) in [6.07, 6.45) is 4.05. The van der Waals surface area contributed by atoms with E-state index < -0.39 is 6.04 Å². The molecule has 2 aliphatic heterocycles. The van der Waals surface area contributed by atoms with Crippen LogP contribution in [0.2, 0.25) is 0 Å². The molecule has 1 N–H and O–H groups in total. The molecule has 7 heteroatoms. The van der Waals surface area contributed by atoms with Crippen LogP contribution in [0.5, 0.6) is 0 Å². The van der Waals surface area contributed by atoms with Gasteiger partial charge in [-0.15, -0.1) is 0 Å². The smallest absolute Gasteiger partial charge is 0.248 e. The lowest BCUT2D eigenvalue weighted by atomic mass is 9.93. The van der Waals surface area contributed by atoms with Gasteiger partial charge >= 0.3 is 0 Å². The van der Waals surface area contributed by atoms with Gasteiger partial charge in [0, 0.05) is 37.2 Å². The molecule has 2 aliphatic rings. The van der Waals surface area contributed by atoms with Crippen molar-refractivity contribution in [3.63, 3.8) is 0 Å². The van der Waals surface area contributed by atoms with Crippen LogP contribution < -0.4 is 5.32 Å². The average Bonchev–Trinajstić information content (AvgIpc) is 3.11. The molecule has 0 aromatic carbocycles. The number of carbonyl (C=O) groups is 2. The van der Waals surface area contributed by atoms with Gasteiger partial charge in [0.2, 0.25) is 11.8 Å². The van der Waals surface area contributed by atoms with Gasteiger partial charge in [-0.2, -0.15) is 0 Å². The first kappa shape index (κ1) is 18.9. The second kappa shape index (κ2) is 7.78. The van der Waals surface area contributed by atoms with Gasteiger partial charge in [0.25, 0.3) is 0 Å². The van der Waals surface area contributed by atoms with Gasteiger partial charge in [0.05, 0.1) is 0 Å². The lowest BCUT2D eigenvalue weighted by Gasteiger charge is -2.37. The van der Waals surface area contributed by atoms with Crippen LogP contribution in [-0.4, -0.2) is 47.7 Å². The monoisotopic (exact) mass is 363 g/mol. The minimum Gasteiger partial charge on any atom is -0.381 e. The third-order valence-corrected chi connectivity index (χ3v) is 5.16. The summed E-state index contributed by atoms with van der Waals surface area (Å²) in [6, 6.07) is 1.32. The Hall–Kier alpha value is -1.89. The van der Waals surface area contributed by atoms with Crippen molar-refractivity contribution in [3.05, 3.63) is 11.8 Å². The highest BCUT2D eigenvalue weighted by atomic mass is 16.5. The lowest BCUT2D eigenvalue weighted by molar-refractivity contribution is -0.146. The van der Waals surface area contributed by atoms with Crippen LogP contribution in [0.1, 0.15) is 58.6 Å². The highest BCUT2D eigenvalue weighted by Crippen LogP contribution is 2.27. The van der Waals surface area contributed by atoms with Gasteiger partial charge in [-0.3, -0.25) is 9.59 Å². The molecule has 144 valence electrons. The number of nitrogens with one attached hydrogen (secondary N) is 1. The molecule has 2 fully saturated rings. The maximum atomic E-state index is 12.9. The summed E-state index contributed by atoms with van der Waals surface area (Å²) in [4.78, 5) is 27.5. The molecule has 0 radical (unpaired) electrons. The fraction of sp³-hybridized carbons (Fsp3) is 0.737. The minimum absolute atomic E-state index is 0.0308. The first-order valence-electron chi connectivity index (χ1n) is 9.52. The summed E-state index contributed by atoms with van der Waals surface area (Å²) in [5.74, 6) is 0.995. The first-order chi connectivity index (χ1) is 12.4. The fourth-order valence-corrected chi connectivity index (χ4v) is 3.54. The SMILES string of the molecule is CC(C)(C)c1cc(NC(=O)[C@@H]2CCCCN2C(=O)C2CCOCC2)no1. The summed E-state index contributed by atoms with van der Waals surface area (Å²) in [7, 11) is 0. The number of likely N-dealkylation sites (tertiary alicyclic amines) is 1. The van der Waals surface area contributed by atoms with Crippen LogP contribution in [0.3, 0.4) is 0 Å². The molecule has 0 spiro atoms. The van der Waals surface area contributed by atoms with Crippen molar-refractivity contribution in [2.75, 3.05) is 25.1 Å². The summed E-state index contributed by atoms with van der Waals surface area (Å²) in [6.45, 7) is 7.95. The van der Waals surface area contributed by atoms with Crippen LogP contribution in [0.15, 0.2) is 10.6 Å². The number of anilines is 1. The van der Waals surface area contributed by atoms with Crippen LogP contribution in [0.25, 0.3) is 0 Å². The van der Waals surface area contributed by atoms with Crippen molar-refractivity contribution in [1.82, 2.24) is 10.1 Å². The van der Waals surface area contributed by atoms with Crippen molar-refractivity contribution in [3.8, 4) is 0 Å². The van der Waals surface area contributed by atoms with Gasteiger partial charge in [-0.1, -0.05) is 25.9 Å². The number of piperidine rings is 1. The second-order valence-electron chi connectivity index (χ2n) is 8.25. The summed E-state index contributed by atoms with van der Waals surface area (Å²) in [5.41, 5.74) is -0.175. The number of aromatic nitrogens is 1. The number of hydrogen-bond donors (Lipinski definition) is 1. The molecule has 2 saturated heterocycles. The molecule has 3 rings (SSSR count). The van der Waals surface area contributed by atoms with E-state index in [1.54, 1.807) is 11.0 Å². The van der Waals surface area contributed by atoms with Gasteiger partial charge in [-0.25, -0.2) is 0 Å². The van der Waals surface area contributed by atoms with E-state index in [-0.39, 0.29) is 23.1 Å². The predicted octanol–water partition coefficient (Wildman–Crippen LogP) is 2.72. The Morgan fingerprint density at radius 3 is 2.58 bits per heavy atom. The van der Waals surface area contributed by atoms with Crippen LogP contribution >= 0.6 is 0 Å². The molecule has 7 nitrogen and oxygen atoms in total. The quantitative estimate of drug-likeness (QED) is 0.892. The fourth-order valence-electron chi connectivity index (χ4n) is 3.54. The minimum atomic E-state index is -0.436. The molecule has 26 heavy (non-hydrogen) atoms. The Morgan fingerprint density at radius 1 is 1.19 bits per heavy atom. The van der Waals surface area contributed by atoms with Crippen LogP contribution in [0, 0.1) is 5.92 Å². The van der Waals surface area contributed by atoms with Gasteiger partial charge < -0.3 is 19.5 Å². The van der Waals surface area contributed by atoms with Crippen LogP contribution in [0.4, 0.5) is 5.82 Å². The highest BCUT2D eigenvalue weighted by Gasteiger charge is 2.36. The molecule has 3 heterocycles. The lowest BCUT2D eigenvalue weighted by Crippen LogP contribution is -2.52. The summed E-state index contributed by atoms with van der Waals surface area (Å²) < 4.78 is 10.7. The van der Waals surface area contributed by atoms with Gasteiger partial charge in [-0.05, 0) is 32.1 Å². The van der Waals surface area contributed by atoms with E-state index in [9.17, 15) is 9.59 Å². The maximum absolute atomic E-state index is 12.9. The number of ether oxygens (including phenoxy) is 1. The third-order valence-electron chi connectivity index (χ3n) is 5.16. The van der Waals surface area contributed by atoms with Crippen LogP contribution in [-0.2, 0) is 19.7 Å². The Labute approximate surface area is 154 Å². The zero-order chi connectivity index (χ0) is 18.7. The third kappa shape index (κ3) is 4.26. The van der Waals surface area contributed by atoms with Crippen molar-refractivity contribution >= 4 is 17.6 Å². The number of carbonyl (C=O) groups excluding carboxylic acids is 2. The van der Waals surface area contributed by atoms with E-state index in [0.717, 1.165) is 25.7 Å². The van der Waals surface area contributed by atoms with E-state index >= 15 is 0 Å².